The minimum absolute atomic E-state index is 0.156. The van der Waals surface area contributed by atoms with Gasteiger partial charge in [-0.3, -0.25) is 4.79 Å². The molecule has 2 atom stereocenters. The number of halogens is 1. The second-order valence-corrected chi connectivity index (χ2v) is 6.82. The zero-order chi connectivity index (χ0) is 20.1. The molecular weight excluding hydrogens is 380 g/mol. The Balaban J connectivity index is 1.65. The van der Waals surface area contributed by atoms with E-state index in [1.807, 2.05) is 36.4 Å². The lowest BCUT2D eigenvalue weighted by Crippen LogP contribution is -2.23. The fraction of sp³-hybridized carbons (Fsp3) is 0.250. The summed E-state index contributed by atoms with van der Waals surface area (Å²) in [5.74, 6) is -0.122. The van der Waals surface area contributed by atoms with Crippen LogP contribution in [0.5, 0.6) is 5.88 Å². The van der Waals surface area contributed by atoms with Crippen molar-refractivity contribution in [3.05, 3.63) is 65.7 Å². The van der Waals surface area contributed by atoms with Gasteiger partial charge < -0.3 is 20.1 Å². The number of carbonyl (C=O) groups excluding carboxylic acids is 1. The number of aliphatic hydroxyl groups is 1. The van der Waals surface area contributed by atoms with Gasteiger partial charge in [-0.25, -0.2) is 9.97 Å². The van der Waals surface area contributed by atoms with E-state index in [0.29, 0.717) is 23.9 Å². The van der Waals surface area contributed by atoms with Crippen molar-refractivity contribution < 1.29 is 14.6 Å². The van der Waals surface area contributed by atoms with Gasteiger partial charge >= 0.3 is 0 Å². The Morgan fingerprint density at radius 2 is 2.04 bits per heavy atom. The van der Waals surface area contributed by atoms with Crippen LogP contribution in [0.15, 0.2) is 55.0 Å². The molecule has 8 heteroatoms. The van der Waals surface area contributed by atoms with Crippen LogP contribution in [0, 0.1) is 0 Å². The minimum atomic E-state index is -0.660. The van der Waals surface area contributed by atoms with Crippen molar-refractivity contribution in [2.24, 2.45) is 5.73 Å². The highest BCUT2D eigenvalue weighted by Crippen LogP contribution is 2.23. The molecule has 0 fully saturated rings. The smallest absolute Gasteiger partial charge is 0.268 e. The summed E-state index contributed by atoms with van der Waals surface area (Å²) in [6.45, 7) is 2.00. The Hall–Kier alpha value is -2.90. The Morgan fingerprint density at radius 3 is 2.68 bits per heavy atom. The molecule has 2 heterocycles. The van der Waals surface area contributed by atoms with Gasteiger partial charge in [0.25, 0.3) is 5.91 Å². The van der Waals surface area contributed by atoms with Crippen LogP contribution in [0.2, 0.25) is 5.02 Å². The van der Waals surface area contributed by atoms with Crippen LogP contribution in [-0.4, -0.2) is 38.3 Å². The molecule has 0 saturated heterocycles. The summed E-state index contributed by atoms with van der Waals surface area (Å²) in [6, 6.07) is 12.6. The zero-order valence-electron chi connectivity index (χ0n) is 15.3. The number of aromatic nitrogens is 3. The van der Waals surface area contributed by atoms with Gasteiger partial charge in [0.2, 0.25) is 5.88 Å². The highest BCUT2D eigenvalue weighted by atomic mass is 35.5. The molecular formula is C20H21ClN4O3. The van der Waals surface area contributed by atoms with Crippen molar-refractivity contribution in [2.75, 3.05) is 6.61 Å². The molecule has 0 aliphatic rings. The molecule has 3 N–H and O–H groups in total. The lowest BCUT2D eigenvalue weighted by molar-refractivity contribution is 0.0993. The number of ether oxygens (including phenoxy) is 1. The summed E-state index contributed by atoms with van der Waals surface area (Å²) in [7, 11) is 0. The summed E-state index contributed by atoms with van der Waals surface area (Å²) >= 11 is 5.93. The number of hydrogen-bond donors (Lipinski definition) is 2. The number of amides is 1. The van der Waals surface area contributed by atoms with Crippen LogP contribution in [0.1, 0.15) is 29.9 Å². The van der Waals surface area contributed by atoms with E-state index in [1.165, 1.54) is 12.5 Å². The quantitative estimate of drug-likeness (QED) is 0.604. The van der Waals surface area contributed by atoms with Crippen molar-refractivity contribution in [1.29, 1.82) is 0 Å². The molecule has 0 bridgehead atoms. The molecule has 0 aliphatic heterocycles. The van der Waals surface area contributed by atoms with Crippen molar-refractivity contribution in [1.82, 2.24) is 14.5 Å². The molecule has 0 radical (unpaired) electrons. The molecule has 0 unspecified atom stereocenters. The average Bonchev–Trinajstić information content (AvgIpc) is 3.16. The van der Waals surface area contributed by atoms with Crippen LogP contribution in [0.25, 0.3) is 11.3 Å². The lowest BCUT2D eigenvalue weighted by atomic mass is 10.1. The normalized spacial score (nSPS) is 13.1. The Morgan fingerprint density at radius 1 is 1.29 bits per heavy atom. The fourth-order valence-electron chi connectivity index (χ4n) is 2.85. The first-order chi connectivity index (χ1) is 13.4. The highest BCUT2D eigenvalue weighted by Gasteiger charge is 2.19. The van der Waals surface area contributed by atoms with Gasteiger partial charge in [0.05, 0.1) is 30.8 Å². The number of rotatable bonds is 8. The van der Waals surface area contributed by atoms with E-state index in [0.717, 1.165) is 11.3 Å². The molecule has 146 valence electrons. The van der Waals surface area contributed by atoms with Crippen molar-refractivity contribution in [2.45, 2.75) is 25.5 Å². The summed E-state index contributed by atoms with van der Waals surface area (Å²) in [5, 5.41) is 10.7. The Kier molecular flexibility index (Phi) is 6.28. The van der Waals surface area contributed by atoms with E-state index in [-0.39, 0.29) is 11.7 Å². The summed E-state index contributed by atoms with van der Waals surface area (Å²) in [6.07, 6.45) is 2.85. The maximum absolute atomic E-state index is 11.2. The van der Waals surface area contributed by atoms with E-state index in [9.17, 15) is 9.90 Å². The van der Waals surface area contributed by atoms with Gasteiger partial charge in [0.15, 0.2) is 0 Å². The Bertz CT molecular complexity index is 941. The monoisotopic (exact) mass is 400 g/mol. The van der Waals surface area contributed by atoms with E-state index in [4.69, 9.17) is 22.1 Å². The van der Waals surface area contributed by atoms with Crippen LogP contribution >= 0.6 is 11.6 Å². The number of aliphatic hydroxyl groups excluding tert-OH is 1. The number of pyridine rings is 1. The van der Waals surface area contributed by atoms with Crippen molar-refractivity contribution >= 4 is 17.5 Å². The van der Waals surface area contributed by atoms with Crippen molar-refractivity contribution in [3.63, 3.8) is 0 Å². The third-order valence-corrected chi connectivity index (χ3v) is 4.57. The maximum Gasteiger partial charge on any atom is 0.268 e. The van der Waals surface area contributed by atoms with Gasteiger partial charge in [-0.1, -0.05) is 29.8 Å². The first kappa shape index (κ1) is 19.9. The first-order valence-corrected chi connectivity index (χ1v) is 9.19. The van der Waals surface area contributed by atoms with Gasteiger partial charge in [0, 0.05) is 29.3 Å². The molecule has 2 aromatic heterocycles. The lowest BCUT2D eigenvalue weighted by Gasteiger charge is -2.21. The highest BCUT2D eigenvalue weighted by molar-refractivity contribution is 6.30. The summed E-state index contributed by atoms with van der Waals surface area (Å²) in [5.41, 5.74) is 7.11. The van der Waals surface area contributed by atoms with Gasteiger partial charge in [-0.15, -0.1) is 0 Å². The van der Waals surface area contributed by atoms with Crippen LogP contribution < -0.4 is 10.5 Å². The largest absolute Gasteiger partial charge is 0.478 e. The van der Waals surface area contributed by atoms with Gasteiger partial charge in [0.1, 0.15) is 5.69 Å². The third kappa shape index (κ3) is 4.88. The fourth-order valence-corrected chi connectivity index (χ4v) is 2.97. The number of nitrogens with zero attached hydrogens (tertiary/aromatic N) is 3. The van der Waals surface area contributed by atoms with E-state index < -0.39 is 12.0 Å². The predicted octanol–water partition coefficient (Wildman–Crippen LogP) is 3.09. The van der Waals surface area contributed by atoms with Gasteiger partial charge in [-0.2, -0.15) is 0 Å². The molecule has 0 spiro atoms. The van der Waals surface area contributed by atoms with Crippen molar-refractivity contribution in [3.8, 4) is 17.1 Å². The molecule has 3 aromatic rings. The van der Waals surface area contributed by atoms with Crippen LogP contribution in [0.3, 0.4) is 0 Å². The standard InChI is InChI=1S/C20H21ClN4O3/c1-13(26)18(25-11-17(20(22)27)23-12-25)9-10-28-19-4-2-3-16(24-19)14-5-7-15(21)8-6-14/h2-8,11-13,18,26H,9-10H2,1H3,(H2,22,27)/t13-,18+/m0/s1. The summed E-state index contributed by atoms with van der Waals surface area (Å²) < 4.78 is 7.45. The number of primary amides is 1. The zero-order valence-corrected chi connectivity index (χ0v) is 16.1. The average molecular weight is 401 g/mol. The van der Waals surface area contributed by atoms with Crippen LogP contribution in [-0.2, 0) is 0 Å². The second-order valence-electron chi connectivity index (χ2n) is 6.38. The topological polar surface area (TPSA) is 103 Å². The summed E-state index contributed by atoms with van der Waals surface area (Å²) in [4.78, 5) is 19.7. The number of nitrogens with two attached hydrogens (primary N) is 1. The van der Waals surface area contributed by atoms with E-state index in [2.05, 4.69) is 9.97 Å². The minimum Gasteiger partial charge on any atom is -0.478 e. The SMILES string of the molecule is C[C@H](O)[C@@H](CCOc1cccc(-c2ccc(Cl)cc2)n1)n1cnc(C(N)=O)c1. The molecule has 7 nitrogen and oxygen atoms in total. The predicted molar refractivity (Wildman–Crippen MR) is 106 cm³/mol. The molecule has 0 aliphatic carbocycles. The second kappa shape index (κ2) is 8.86. The molecule has 1 aromatic carbocycles. The molecule has 0 saturated carbocycles. The maximum atomic E-state index is 11.2. The number of imidazole rings is 1. The molecule has 28 heavy (non-hydrogen) atoms. The third-order valence-electron chi connectivity index (χ3n) is 4.32. The molecule has 1 amide bonds. The van der Waals surface area contributed by atoms with E-state index >= 15 is 0 Å². The first-order valence-electron chi connectivity index (χ1n) is 8.81. The van der Waals surface area contributed by atoms with E-state index in [1.54, 1.807) is 17.6 Å². The molecule has 3 rings (SSSR count). The number of benzene rings is 1. The van der Waals surface area contributed by atoms with Gasteiger partial charge in [-0.05, 0) is 25.1 Å². The van der Waals surface area contributed by atoms with Crippen LogP contribution in [0.4, 0.5) is 0 Å². The Labute approximate surface area is 167 Å². The number of hydrogen-bond acceptors (Lipinski definition) is 5. The number of carbonyl (C=O) groups is 1.